The maximum atomic E-state index is 14.2. The highest BCUT2D eigenvalue weighted by Gasteiger charge is 2.45. The molecule has 1 fully saturated rings. The quantitative estimate of drug-likeness (QED) is 0.344. The first-order valence-corrected chi connectivity index (χ1v) is 12.3. The number of benzene rings is 2. The molecule has 0 amide bonds. The SMILES string of the molecule is CCNC(=NCC1(c2ccccc2F)CC1)NCCCS(=O)(=O)Cc1ccccc1. The molecule has 1 saturated carbocycles. The first-order valence-electron chi connectivity index (χ1n) is 10.5. The van der Waals surface area contributed by atoms with Crippen LogP contribution in [0.25, 0.3) is 0 Å². The fourth-order valence-corrected chi connectivity index (χ4v) is 4.95. The molecule has 30 heavy (non-hydrogen) atoms. The van der Waals surface area contributed by atoms with Crippen LogP contribution in [0.4, 0.5) is 4.39 Å². The monoisotopic (exact) mass is 431 g/mol. The number of nitrogens with one attached hydrogen (secondary N) is 2. The van der Waals surface area contributed by atoms with Gasteiger partial charge in [-0.25, -0.2) is 12.8 Å². The number of sulfone groups is 1. The molecular formula is C23H30FN3O2S. The predicted octanol–water partition coefficient (Wildman–Crippen LogP) is 3.42. The van der Waals surface area contributed by atoms with Crippen molar-refractivity contribution in [1.82, 2.24) is 10.6 Å². The van der Waals surface area contributed by atoms with Crippen LogP contribution in [-0.4, -0.2) is 39.8 Å². The number of halogens is 1. The van der Waals surface area contributed by atoms with Crippen LogP contribution in [0, 0.1) is 5.82 Å². The van der Waals surface area contributed by atoms with Crippen LogP contribution in [-0.2, 0) is 21.0 Å². The van der Waals surface area contributed by atoms with Crippen molar-refractivity contribution in [2.24, 2.45) is 4.99 Å². The van der Waals surface area contributed by atoms with Crippen molar-refractivity contribution in [1.29, 1.82) is 0 Å². The molecule has 7 heteroatoms. The van der Waals surface area contributed by atoms with Gasteiger partial charge in [0.2, 0.25) is 0 Å². The highest BCUT2D eigenvalue weighted by atomic mass is 32.2. The summed E-state index contributed by atoms with van der Waals surface area (Å²) in [6.07, 6.45) is 2.35. The van der Waals surface area contributed by atoms with E-state index in [1.807, 2.05) is 49.4 Å². The van der Waals surface area contributed by atoms with Crippen molar-refractivity contribution in [3.8, 4) is 0 Å². The first kappa shape index (κ1) is 22.3. The van der Waals surface area contributed by atoms with Crippen molar-refractivity contribution in [2.45, 2.75) is 37.4 Å². The zero-order valence-electron chi connectivity index (χ0n) is 17.4. The van der Waals surface area contributed by atoms with E-state index < -0.39 is 9.84 Å². The van der Waals surface area contributed by atoms with E-state index in [-0.39, 0.29) is 22.7 Å². The largest absolute Gasteiger partial charge is 0.357 e. The van der Waals surface area contributed by atoms with E-state index >= 15 is 0 Å². The molecule has 162 valence electrons. The third-order valence-electron chi connectivity index (χ3n) is 5.34. The lowest BCUT2D eigenvalue weighted by molar-refractivity contribution is 0.572. The molecule has 2 aromatic carbocycles. The molecular weight excluding hydrogens is 401 g/mol. The third-order valence-corrected chi connectivity index (χ3v) is 7.02. The molecule has 3 rings (SSSR count). The summed E-state index contributed by atoms with van der Waals surface area (Å²) in [6.45, 7) is 3.69. The van der Waals surface area contributed by atoms with Crippen LogP contribution in [0.2, 0.25) is 0 Å². The summed E-state index contributed by atoms with van der Waals surface area (Å²) in [7, 11) is -3.15. The van der Waals surface area contributed by atoms with Crippen LogP contribution in [0.5, 0.6) is 0 Å². The van der Waals surface area contributed by atoms with Crippen LogP contribution < -0.4 is 10.6 Å². The Morgan fingerprint density at radius 1 is 1.07 bits per heavy atom. The molecule has 0 radical (unpaired) electrons. The highest BCUT2D eigenvalue weighted by Crippen LogP contribution is 2.49. The van der Waals surface area contributed by atoms with Gasteiger partial charge in [-0.2, -0.15) is 0 Å². The van der Waals surface area contributed by atoms with E-state index in [9.17, 15) is 12.8 Å². The zero-order valence-corrected chi connectivity index (χ0v) is 18.2. The first-order chi connectivity index (χ1) is 14.4. The van der Waals surface area contributed by atoms with Crippen LogP contribution >= 0.6 is 0 Å². The molecule has 1 aliphatic rings. The summed E-state index contributed by atoms with van der Waals surface area (Å²) in [5, 5.41) is 6.39. The maximum absolute atomic E-state index is 14.2. The Morgan fingerprint density at radius 3 is 2.43 bits per heavy atom. The fourth-order valence-electron chi connectivity index (χ4n) is 3.53. The molecule has 0 atom stereocenters. The van der Waals surface area contributed by atoms with Gasteiger partial charge >= 0.3 is 0 Å². The lowest BCUT2D eigenvalue weighted by Gasteiger charge is -2.16. The fraction of sp³-hybridized carbons (Fsp3) is 0.435. The van der Waals surface area contributed by atoms with Gasteiger partial charge in [0.15, 0.2) is 15.8 Å². The van der Waals surface area contributed by atoms with E-state index in [1.165, 1.54) is 6.07 Å². The van der Waals surface area contributed by atoms with Crippen LogP contribution in [0.1, 0.15) is 37.3 Å². The second-order valence-electron chi connectivity index (χ2n) is 7.81. The zero-order chi connectivity index (χ0) is 21.5. The van der Waals surface area contributed by atoms with Gasteiger partial charge in [0.1, 0.15) is 5.82 Å². The minimum Gasteiger partial charge on any atom is -0.357 e. The van der Waals surface area contributed by atoms with Crippen LogP contribution in [0.3, 0.4) is 0 Å². The van der Waals surface area contributed by atoms with E-state index in [0.717, 1.165) is 24.0 Å². The molecule has 2 aromatic rings. The van der Waals surface area contributed by atoms with Crippen molar-refractivity contribution in [3.63, 3.8) is 0 Å². The van der Waals surface area contributed by atoms with Gasteiger partial charge in [0.25, 0.3) is 0 Å². The molecule has 0 unspecified atom stereocenters. The summed E-state index contributed by atoms with van der Waals surface area (Å²) in [5.41, 5.74) is 1.33. The van der Waals surface area contributed by atoms with Crippen molar-refractivity contribution in [3.05, 3.63) is 71.5 Å². The van der Waals surface area contributed by atoms with E-state index in [2.05, 4.69) is 15.6 Å². The van der Waals surface area contributed by atoms with E-state index in [4.69, 9.17) is 0 Å². The van der Waals surface area contributed by atoms with Gasteiger partial charge < -0.3 is 10.6 Å². The molecule has 1 aliphatic carbocycles. The molecule has 0 bridgehead atoms. The van der Waals surface area contributed by atoms with Gasteiger partial charge in [-0.1, -0.05) is 48.5 Å². The molecule has 0 aromatic heterocycles. The Labute approximate surface area is 178 Å². The van der Waals surface area contributed by atoms with Gasteiger partial charge in [0.05, 0.1) is 18.1 Å². The number of guanidine groups is 1. The number of rotatable bonds is 10. The Kier molecular flexibility index (Phi) is 7.48. The minimum absolute atomic E-state index is 0.0627. The van der Waals surface area contributed by atoms with Crippen molar-refractivity contribution >= 4 is 15.8 Å². The average molecular weight is 432 g/mol. The standard InChI is InChI=1S/C23H30FN3O2S/c1-2-25-22(27-18-23(13-14-23)20-11-6-7-12-21(20)24)26-15-8-16-30(28,29)17-19-9-4-3-5-10-19/h3-7,9-12H,2,8,13-18H2,1H3,(H2,25,26,27). The highest BCUT2D eigenvalue weighted by molar-refractivity contribution is 7.90. The molecule has 0 heterocycles. The lowest BCUT2D eigenvalue weighted by atomic mass is 9.95. The van der Waals surface area contributed by atoms with Crippen molar-refractivity contribution in [2.75, 3.05) is 25.4 Å². The van der Waals surface area contributed by atoms with Gasteiger partial charge in [0, 0.05) is 18.5 Å². The smallest absolute Gasteiger partial charge is 0.191 e. The topological polar surface area (TPSA) is 70.6 Å². The summed E-state index contributed by atoms with van der Waals surface area (Å²) in [5.74, 6) is 0.646. The predicted molar refractivity (Wildman–Crippen MR) is 120 cm³/mol. The number of hydrogen-bond acceptors (Lipinski definition) is 3. The molecule has 0 spiro atoms. The summed E-state index contributed by atoms with van der Waals surface area (Å²) >= 11 is 0. The molecule has 5 nitrogen and oxygen atoms in total. The van der Waals surface area contributed by atoms with Crippen molar-refractivity contribution < 1.29 is 12.8 Å². The van der Waals surface area contributed by atoms with Gasteiger partial charge in [-0.3, -0.25) is 4.99 Å². The average Bonchev–Trinajstić information content (AvgIpc) is 3.51. The van der Waals surface area contributed by atoms with Crippen LogP contribution in [0.15, 0.2) is 59.6 Å². The van der Waals surface area contributed by atoms with Gasteiger partial charge in [-0.05, 0) is 43.4 Å². The van der Waals surface area contributed by atoms with E-state index in [1.54, 1.807) is 6.07 Å². The minimum atomic E-state index is -3.15. The Bertz CT molecular complexity index is 957. The molecule has 0 saturated heterocycles. The van der Waals surface area contributed by atoms with Gasteiger partial charge in [-0.15, -0.1) is 0 Å². The Balaban J connectivity index is 1.50. The summed E-state index contributed by atoms with van der Waals surface area (Å²) in [4.78, 5) is 4.65. The summed E-state index contributed by atoms with van der Waals surface area (Å²) < 4.78 is 38.8. The molecule has 2 N–H and O–H groups in total. The third kappa shape index (κ3) is 6.29. The maximum Gasteiger partial charge on any atom is 0.191 e. The normalized spacial score (nSPS) is 15.6. The second kappa shape index (κ2) is 10.1. The lowest BCUT2D eigenvalue weighted by Crippen LogP contribution is -2.39. The number of aliphatic imine (C=N–C) groups is 1. The summed E-state index contributed by atoms with van der Waals surface area (Å²) in [6, 6.07) is 16.1. The Hall–Kier alpha value is -2.41. The van der Waals surface area contributed by atoms with E-state index in [0.29, 0.717) is 32.0 Å². The Morgan fingerprint density at radius 2 is 1.77 bits per heavy atom. The molecule has 0 aliphatic heterocycles. The second-order valence-corrected chi connectivity index (χ2v) is 10.00. The number of nitrogens with zero attached hydrogens (tertiary/aromatic N) is 1. The number of hydrogen-bond donors (Lipinski definition) is 2.